The van der Waals surface area contributed by atoms with E-state index in [1.807, 2.05) is 6.92 Å². The van der Waals surface area contributed by atoms with Crippen molar-refractivity contribution < 1.29 is 0 Å². The molecule has 6 heteroatoms. The standard InChI is InChI=1S/C8H11N5O/c1-5(9)2-13-4-12-6-7(13)10-3-11-8(6)14/h3-5H,2,9H2,1H3,(H,10,11,14). The van der Waals surface area contributed by atoms with Crippen LogP contribution in [0, 0.1) is 0 Å². The Labute approximate surface area is 79.8 Å². The van der Waals surface area contributed by atoms with Crippen molar-refractivity contribution in [1.29, 1.82) is 0 Å². The van der Waals surface area contributed by atoms with E-state index < -0.39 is 0 Å². The van der Waals surface area contributed by atoms with Gasteiger partial charge in [-0.05, 0) is 6.92 Å². The number of imidazole rings is 1. The highest BCUT2D eigenvalue weighted by Gasteiger charge is 2.07. The molecule has 2 aromatic heterocycles. The molecule has 0 aromatic carbocycles. The summed E-state index contributed by atoms with van der Waals surface area (Å²) in [7, 11) is 0. The van der Waals surface area contributed by atoms with Gasteiger partial charge in [-0.3, -0.25) is 4.79 Å². The van der Waals surface area contributed by atoms with Crippen molar-refractivity contribution >= 4 is 11.2 Å². The lowest BCUT2D eigenvalue weighted by Crippen LogP contribution is -2.22. The Hall–Kier alpha value is -1.69. The first kappa shape index (κ1) is 8.89. The number of rotatable bonds is 2. The first-order chi connectivity index (χ1) is 6.68. The molecule has 14 heavy (non-hydrogen) atoms. The lowest BCUT2D eigenvalue weighted by atomic mass is 10.3. The summed E-state index contributed by atoms with van der Waals surface area (Å²) >= 11 is 0. The topological polar surface area (TPSA) is 89.6 Å². The maximum atomic E-state index is 11.3. The van der Waals surface area contributed by atoms with E-state index in [0.29, 0.717) is 17.7 Å². The van der Waals surface area contributed by atoms with Crippen LogP contribution < -0.4 is 11.3 Å². The van der Waals surface area contributed by atoms with Crippen molar-refractivity contribution in [2.45, 2.75) is 19.5 Å². The van der Waals surface area contributed by atoms with E-state index in [9.17, 15) is 4.79 Å². The molecule has 0 saturated heterocycles. The average Bonchev–Trinajstić information content (AvgIpc) is 2.49. The smallest absolute Gasteiger partial charge is 0.278 e. The summed E-state index contributed by atoms with van der Waals surface area (Å²) in [4.78, 5) is 21.8. The zero-order valence-electron chi connectivity index (χ0n) is 7.77. The van der Waals surface area contributed by atoms with Crippen LogP contribution in [0.15, 0.2) is 17.4 Å². The summed E-state index contributed by atoms with van der Waals surface area (Å²) < 4.78 is 1.77. The minimum absolute atomic E-state index is 0.00786. The molecule has 1 unspecified atom stereocenters. The Morgan fingerprint density at radius 3 is 3.14 bits per heavy atom. The van der Waals surface area contributed by atoms with Gasteiger partial charge in [0.2, 0.25) is 0 Å². The second-order valence-corrected chi connectivity index (χ2v) is 3.28. The van der Waals surface area contributed by atoms with E-state index in [1.54, 1.807) is 10.9 Å². The molecule has 6 nitrogen and oxygen atoms in total. The number of nitrogens with one attached hydrogen (secondary N) is 1. The van der Waals surface area contributed by atoms with Crippen LogP contribution in [0.3, 0.4) is 0 Å². The average molecular weight is 193 g/mol. The van der Waals surface area contributed by atoms with Crippen LogP contribution in [0.4, 0.5) is 0 Å². The maximum absolute atomic E-state index is 11.3. The second-order valence-electron chi connectivity index (χ2n) is 3.28. The third kappa shape index (κ3) is 1.39. The molecule has 2 heterocycles. The largest absolute Gasteiger partial charge is 0.326 e. The second kappa shape index (κ2) is 3.22. The van der Waals surface area contributed by atoms with Gasteiger partial charge < -0.3 is 15.3 Å². The van der Waals surface area contributed by atoms with Crippen LogP contribution in [0.2, 0.25) is 0 Å². The predicted octanol–water partition coefficient (Wildman–Crippen LogP) is -0.533. The molecule has 0 spiro atoms. The highest BCUT2D eigenvalue weighted by molar-refractivity contribution is 5.68. The number of hydrogen-bond donors (Lipinski definition) is 2. The SMILES string of the molecule is CC(N)Cn1cnc2c(=O)[nH]cnc21. The molecule has 0 saturated carbocycles. The minimum atomic E-state index is -0.224. The van der Waals surface area contributed by atoms with Crippen molar-refractivity contribution in [3.8, 4) is 0 Å². The van der Waals surface area contributed by atoms with Gasteiger partial charge in [0.15, 0.2) is 11.2 Å². The lowest BCUT2D eigenvalue weighted by Gasteiger charge is -2.05. The fraction of sp³-hybridized carbons (Fsp3) is 0.375. The molecule has 2 rings (SSSR count). The zero-order chi connectivity index (χ0) is 10.1. The lowest BCUT2D eigenvalue weighted by molar-refractivity contribution is 0.598. The molecule has 0 aliphatic rings. The Morgan fingerprint density at radius 2 is 2.43 bits per heavy atom. The fourth-order valence-electron chi connectivity index (χ4n) is 1.34. The van der Waals surface area contributed by atoms with Crippen molar-refractivity contribution in [3.63, 3.8) is 0 Å². The van der Waals surface area contributed by atoms with Crippen molar-refractivity contribution in [3.05, 3.63) is 23.0 Å². The number of nitrogens with two attached hydrogens (primary N) is 1. The summed E-state index contributed by atoms with van der Waals surface area (Å²) in [5.41, 5.74) is 6.36. The van der Waals surface area contributed by atoms with Gasteiger partial charge in [0, 0.05) is 12.6 Å². The Balaban J connectivity index is 2.58. The van der Waals surface area contributed by atoms with Crippen LogP contribution in [0.25, 0.3) is 11.2 Å². The fourth-order valence-corrected chi connectivity index (χ4v) is 1.34. The minimum Gasteiger partial charge on any atom is -0.326 e. The van der Waals surface area contributed by atoms with E-state index in [0.717, 1.165) is 0 Å². The molecule has 0 bridgehead atoms. The molecule has 74 valence electrons. The molecule has 1 atom stereocenters. The van der Waals surface area contributed by atoms with Gasteiger partial charge >= 0.3 is 0 Å². The molecular weight excluding hydrogens is 182 g/mol. The van der Waals surface area contributed by atoms with Gasteiger partial charge in [-0.2, -0.15) is 0 Å². The van der Waals surface area contributed by atoms with Gasteiger partial charge in [0.05, 0.1) is 12.7 Å². The normalized spacial score (nSPS) is 13.3. The molecule has 0 aliphatic heterocycles. The summed E-state index contributed by atoms with van der Waals surface area (Å²) in [5.74, 6) is 0. The molecular formula is C8H11N5O. The monoisotopic (exact) mass is 193 g/mol. The number of hydrogen-bond acceptors (Lipinski definition) is 4. The maximum Gasteiger partial charge on any atom is 0.278 e. The predicted molar refractivity (Wildman–Crippen MR) is 51.8 cm³/mol. The first-order valence-electron chi connectivity index (χ1n) is 4.32. The zero-order valence-corrected chi connectivity index (χ0v) is 7.77. The van der Waals surface area contributed by atoms with E-state index in [4.69, 9.17) is 5.73 Å². The Morgan fingerprint density at radius 1 is 1.64 bits per heavy atom. The summed E-state index contributed by atoms with van der Waals surface area (Å²) in [6.45, 7) is 2.49. The van der Waals surface area contributed by atoms with Crippen LogP contribution in [-0.2, 0) is 6.54 Å². The number of H-pyrrole nitrogens is 1. The summed E-state index contributed by atoms with van der Waals surface area (Å²) in [6.07, 6.45) is 2.94. The highest BCUT2D eigenvalue weighted by atomic mass is 16.1. The van der Waals surface area contributed by atoms with Gasteiger partial charge in [-0.25, -0.2) is 9.97 Å². The quantitative estimate of drug-likeness (QED) is 0.670. The molecule has 0 aliphatic carbocycles. The van der Waals surface area contributed by atoms with Gasteiger partial charge in [-0.1, -0.05) is 0 Å². The van der Waals surface area contributed by atoms with Crippen LogP contribution in [0.5, 0.6) is 0 Å². The Bertz CT molecular complexity index is 498. The van der Waals surface area contributed by atoms with E-state index in [-0.39, 0.29) is 11.6 Å². The van der Waals surface area contributed by atoms with E-state index in [2.05, 4.69) is 15.0 Å². The summed E-state index contributed by atoms with van der Waals surface area (Å²) in [6, 6.07) is 0.00786. The third-order valence-corrected chi connectivity index (χ3v) is 1.89. The van der Waals surface area contributed by atoms with E-state index >= 15 is 0 Å². The Kier molecular flexibility index (Phi) is 2.05. The molecule has 0 radical (unpaired) electrons. The molecule has 0 amide bonds. The third-order valence-electron chi connectivity index (χ3n) is 1.89. The van der Waals surface area contributed by atoms with Gasteiger partial charge in [0.25, 0.3) is 5.56 Å². The first-order valence-corrected chi connectivity index (χ1v) is 4.32. The summed E-state index contributed by atoms with van der Waals surface area (Å²) in [5, 5.41) is 0. The molecule has 3 N–H and O–H groups in total. The molecule has 2 aromatic rings. The number of aromatic nitrogens is 4. The number of fused-ring (bicyclic) bond motifs is 1. The van der Waals surface area contributed by atoms with Gasteiger partial charge in [-0.15, -0.1) is 0 Å². The van der Waals surface area contributed by atoms with Crippen LogP contribution in [-0.4, -0.2) is 25.6 Å². The van der Waals surface area contributed by atoms with Gasteiger partial charge in [0.1, 0.15) is 0 Å². The van der Waals surface area contributed by atoms with Crippen molar-refractivity contribution in [2.24, 2.45) is 5.73 Å². The van der Waals surface area contributed by atoms with Crippen LogP contribution >= 0.6 is 0 Å². The molecule has 0 fully saturated rings. The highest BCUT2D eigenvalue weighted by Crippen LogP contribution is 2.03. The van der Waals surface area contributed by atoms with Crippen molar-refractivity contribution in [1.82, 2.24) is 19.5 Å². The van der Waals surface area contributed by atoms with Crippen LogP contribution in [0.1, 0.15) is 6.92 Å². The number of nitrogens with zero attached hydrogens (tertiary/aromatic N) is 3. The van der Waals surface area contributed by atoms with Crippen molar-refractivity contribution in [2.75, 3.05) is 0 Å². The number of aromatic amines is 1. The van der Waals surface area contributed by atoms with E-state index in [1.165, 1.54) is 6.33 Å².